The van der Waals surface area contributed by atoms with Gasteiger partial charge in [-0.25, -0.2) is 4.79 Å². The zero-order valence-corrected chi connectivity index (χ0v) is 12.8. The van der Waals surface area contributed by atoms with Gasteiger partial charge in [0.25, 0.3) is 0 Å². The summed E-state index contributed by atoms with van der Waals surface area (Å²) in [6.45, 7) is 4.44. The van der Waals surface area contributed by atoms with Crippen LogP contribution in [0.5, 0.6) is 0 Å². The first-order chi connectivity index (χ1) is 10.0. The molecular weight excluding hydrogens is 266 g/mol. The van der Waals surface area contributed by atoms with Crippen molar-refractivity contribution in [3.05, 3.63) is 35.5 Å². The molecule has 0 saturated carbocycles. The number of urea groups is 1. The number of carbonyl (C=O) groups excluding carboxylic acids is 1. The van der Waals surface area contributed by atoms with Gasteiger partial charge in [0.15, 0.2) is 0 Å². The number of aromatic amines is 1. The van der Waals surface area contributed by atoms with Crippen LogP contribution in [0.4, 0.5) is 4.79 Å². The lowest BCUT2D eigenvalue weighted by molar-refractivity contribution is 0.157. The van der Waals surface area contributed by atoms with Crippen LogP contribution in [-0.4, -0.2) is 47.3 Å². The highest BCUT2D eigenvalue weighted by Crippen LogP contribution is 2.22. The van der Waals surface area contributed by atoms with Crippen LogP contribution < -0.4 is 5.32 Å². The van der Waals surface area contributed by atoms with E-state index in [-0.39, 0.29) is 18.7 Å². The number of hydrogen-bond donors (Lipinski definition) is 3. The molecule has 3 N–H and O–H groups in total. The number of aryl methyl sites for hydroxylation is 1. The van der Waals surface area contributed by atoms with Gasteiger partial charge in [0.1, 0.15) is 0 Å². The summed E-state index contributed by atoms with van der Waals surface area (Å²) in [6.07, 6.45) is 2.78. The monoisotopic (exact) mass is 289 g/mol. The molecule has 2 aromatic rings. The van der Waals surface area contributed by atoms with Gasteiger partial charge in [0, 0.05) is 30.7 Å². The molecule has 5 nitrogen and oxygen atoms in total. The number of fused-ring (bicyclic) bond motifs is 1. The standard InChI is InChI=1S/C16H23N3O2/c1-11-5-4-6-14-15(11)13(9-18-14)7-8-17-16(21)19(3)12(2)10-20/h4-6,9,12,18,20H,7-8,10H2,1-3H3,(H,17,21). The van der Waals surface area contributed by atoms with Crippen LogP contribution in [0.25, 0.3) is 10.9 Å². The molecule has 2 amide bonds. The first kappa shape index (κ1) is 15.4. The normalized spacial score (nSPS) is 12.4. The first-order valence-corrected chi connectivity index (χ1v) is 7.21. The lowest BCUT2D eigenvalue weighted by Crippen LogP contribution is -2.44. The third kappa shape index (κ3) is 3.36. The van der Waals surface area contributed by atoms with Crippen molar-refractivity contribution in [1.29, 1.82) is 0 Å². The van der Waals surface area contributed by atoms with Crippen molar-refractivity contribution in [2.24, 2.45) is 0 Å². The van der Waals surface area contributed by atoms with Crippen LogP contribution in [0.3, 0.4) is 0 Å². The van der Waals surface area contributed by atoms with E-state index < -0.39 is 0 Å². The molecule has 5 heteroatoms. The molecule has 21 heavy (non-hydrogen) atoms. The largest absolute Gasteiger partial charge is 0.394 e. The molecule has 0 aliphatic carbocycles. The van der Waals surface area contributed by atoms with Crippen LogP contribution in [0.15, 0.2) is 24.4 Å². The van der Waals surface area contributed by atoms with E-state index in [2.05, 4.69) is 29.4 Å². The van der Waals surface area contributed by atoms with Gasteiger partial charge in [-0.1, -0.05) is 12.1 Å². The van der Waals surface area contributed by atoms with E-state index in [4.69, 9.17) is 5.11 Å². The average Bonchev–Trinajstić information content (AvgIpc) is 2.90. The molecule has 114 valence electrons. The molecule has 1 unspecified atom stereocenters. The Kier molecular flexibility index (Phi) is 4.85. The summed E-state index contributed by atoms with van der Waals surface area (Å²) in [4.78, 5) is 16.7. The Labute approximate surface area is 125 Å². The number of H-pyrrole nitrogens is 1. The van der Waals surface area contributed by atoms with Gasteiger partial charge in [-0.2, -0.15) is 0 Å². The van der Waals surface area contributed by atoms with Gasteiger partial charge in [0.2, 0.25) is 0 Å². The van der Waals surface area contributed by atoms with Gasteiger partial charge < -0.3 is 20.3 Å². The lowest BCUT2D eigenvalue weighted by atomic mass is 10.1. The highest BCUT2D eigenvalue weighted by atomic mass is 16.3. The number of rotatable bonds is 5. The van der Waals surface area contributed by atoms with Crippen molar-refractivity contribution < 1.29 is 9.90 Å². The predicted molar refractivity (Wildman–Crippen MR) is 84.4 cm³/mol. The smallest absolute Gasteiger partial charge is 0.317 e. The van der Waals surface area contributed by atoms with E-state index in [0.717, 1.165) is 11.9 Å². The van der Waals surface area contributed by atoms with Crippen molar-refractivity contribution >= 4 is 16.9 Å². The second kappa shape index (κ2) is 6.63. The van der Waals surface area contributed by atoms with Crippen LogP contribution >= 0.6 is 0 Å². The molecule has 1 heterocycles. The SMILES string of the molecule is Cc1cccc2[nH]cc(CCNC(=O)N(C)C(C)CO)c12. The van der Waals surface area contributed by atoms with E-state index in [0.29, 0.717) is 6.54 Å². The lowest BCUT2D eigenvalue weighted by Gasteiger charge is -2.23. The number of aliphatic hydroxyl groups is 1. The van der Waals surface area contributed by atoms with Crippen LogP contribution in [0.1, 0.15) is 18.1 Å². The fourth-order valence-electron chi connectivity index (χ4n) is 2.40. The highest BCUT2D eigenvalue weighted by Gasteiger charge is 2.14. The number of benzene rings is 1. The van der Waals surface area contributed by atoms with Gasteiger partial charge in [0.05, 0.1) is 12.6 Å². The molecule has 0 aliphatic rings. The van der Waals surface area contributed by atoms with E-state index in [1.54, 1.807) is 7.05 Å². The summed E-state index contributed by atoms with van der Waals surface area (Å²) in [5, 5.41) is 13.2. The molecule has 0 bridgehead atoms. The Morgan fingerprint density at radius 2 is 2.24 bits per heavy atom. The number of aromatic nitrogens is 1. The van der Waals surface area contributed by atoms with E-state index in [1.165, 1.54) is 21.4 Å². The van der Waals surface area contributed by atoms with Crippen LogP contribution in [0, 0.1) is 6.92 Å². The zero-order valence-electron chi connectivity index (χ0n) is 12.8. The fraction of sp³-hybridized carbons (Fsp3) is 0.438. The zero-order chi connectivity index (χ0) is 15.4. The molecular formula is C16H23N3O2. The van der Waals surface area contributed by atoms with Crippen molar-refractivity contribution in [3.8, 4) is 0 Å². The molecule has 1 atom stereocenters. The molecule has 0 aliphatic heterocycles. The minimum atomic E-state index is -0.180. The topological polar surface area (TPSA) is 68.4 Å². The van der Waals surface area contributed by atoms with Gasteiger partial charge in [-0.3, -0.25) is 0 Å². The molecule has 0 fully saturated rings. The van der Waals surface area contributed by atoms with Crippen molar-refractivity contribution in [1.82, 2.24) is 15.2 Å². The number of aliphatic hydroxyl groups excluding tert-OH is 1. The van der Waals surface area contributed by atoms with Gasteiger partial charge >= 0.3 is 6.03 Å². The molecule has 1 aromatic carbocycles. The van der Waals surface area contributed by atoms with Crippen molar-refractivity contribution in [2.75, 3.05) is 20.2 Å². The summed E-state index contributed by atoms with van der Waals surface area (Å²) in [7, 11) is 1.69. The molecule has 0 radical (unpaired) electrons. The molecule has 2 rings (SSSR count). The second-order valence-corrected chi connectivity index (χ2v) is 5.44. The summed E-state index contributed by atoms with van der Waals surface area (Å²) < 4.78 is 0. The Bertz CT molecular complexity index is 621. The summed E-state index contributed by atoms with van der Waals surface area (Å²) in [6, 6.07) is 5.84. The minimum absolute atomic E-state index is 0.0361. The van der Waals surface area contributed by atoms with Gasteiger partial charge in [-0.05, 0) is 37.5 Å². The van der Waals surface area contributed by atoms with E-state index in [9.17, 15) is 4.79 Å². The summed E-state index contributed by atoms with van der Waals surface area (Å²) in [5.74, 6) is 0. The van der Waals surface area contributed by atoms with E-state index >= 15 is 0 Å². The molecule has 1 aromatic heterocycles. The quantitative estimate of drug-likeness (QED) is 0.788. The number of nitrogens with zero attached hydrogens (tertiary/aromatic N) is 1. The number of amides is 2. The Morgan fingerprint density at radius 3 is 2.95 bits per heavy atom. The third-order valence-corrected chi connectivity index (χ3v) is 3.91. The minimum Gasteiger partial charge on any atom is -0.394 e. The number of carbonyl (C=O) groups is 1. The average molecular weight is 289 g/mol. The maximum Gasteiger partial charge on any atom is 0.317 e. The molecule has 0 spiro atoms. The Hall–Kier alpha value is -2.01. The van der Waals surface area contributed by atoms with Gasteiger partial charge in [-0.15, -0.1) is 0 Å². The second-order valence-electron chi connectivity index (χ2n) is 5.44. The van der Waals surface area contributed by atoms with Crippen molar-refractivity contribution in [2.45, 2.75) is 26.3 Å². The predicted octanol–water partition coefficient (Wildman–Crippen LogP) is 2.04. The summed E-state index contributed by atoms with van der Waals surface area (Å²) in [5.41, 5.74) is 3.57. The summed E-state index contributed by atoms with van der Waals surface area (Å²) >= 11 is 0. The number of likely N-dealkylation sites (N-methyl/N-ethyl adjacent to an activating group) is 1. The third-order valence-electron chi connectivity index (χ3n) is 3.91. The van der Waals surface area contributed by atoms with Crippen molar-refractivity contribution in [3.63, 3.8) is 0 Å². The maximum absolute atomic E-state index is 11.9. The fourth-order valence-corrected chi connectivity index (χ4v) is 2.40. The van der Waals surface area contributed by atoms with Crippen LogP contribution in [0.2, 0.25) is 0 Å². The Morgan fingerprint density at radius 1 is 1.48 bits per heavy atom. The maximum atomic E-state index is 11.9. The molecule has 0 saturated heterocycles. The van der Waals surface area contributed by atoms with E-state index in [1.807, 2.05) is 19.2 Å². The highest BCUT2D eigenvalue weighted by molar-refractivity contribution is 5.86. The first-order valence-electron chi connectivity index (χ1n) is 7.21. The number of hydrogen-bond acceptors (Lipinski definition) is 2. The Balaban J connectivity index is 1.95. The van der Waals surface area contributed by atoms with Crippen LogP contribution in [-0.2, 0) is 6.42 Å². The number of nitrogens with one attached hydrogen (secondary N) is 2.